The van der Waals surface area contributed by atoms with Crippen molar-refractivity contribution in [3.63, 3.8) is 0 Å². The van der Waals surface area contributed by atoms with E-state index in [2.05, 4.69) is 9.97 Å². The fourth-order valence-corrected chi connectivity index (χ4v) is 2.97. The Morgan fingerprint density at radius 3 is 2.56 bits per heavy atom. The summed E-state index contributed by atoms with van der Waals surface area (Å²) in [5.41, 5.74) is 3.52. The van der Waals surface area contributed by atoms with Crippen LogP contribution in [0.1, 0.15) is 16.8 Å². The zero-order chi connectivity index (χ0) is 18.1. The number of fused-ring (bicyclic) bond motifs is 1. The van der Waals surface area contributed by atoms with E-state index in [9.17, 15) is 9.90 Å². The molecule has 0 aliphatic heterocycles. The third-order valence-corrected chi connectivity index (χ3v) is 4.11. The molecular formula is C18H19N3O4. The summed E-state index contributed by atoms with van der Waals surface area (Å²) >= 11 is 0. The summed E-state index contributed by atoms with van der Waals surface area (Å²) in [4.78, 5) is 19.8. The first-order valence-corrected chi connectivity index (χ1v) is 7.74. The van der Waals surface area contributed by atoms with Crippen molar-refractivity contribution in [1.29, 1.82) is 0 Å². The lowest BCUT2D eigenvalue weighted by Gasteiger charge is -2.10. The second kappa shape index (κ2) is 6.43. The van der Waals surface area contributed by atoms with Gasteiger partial charge in [-0.15, -0.1) is 0 Å². The van der Waals surface area contributed by atoms with Crippen molar-refractivity contribution >= 4 is 16.9 Å². The Labute approximate surface area is 144 Å². The van der Waals surface area contributed by atoms with E-state index in [-0.39, 0.29) is 12.4 Å². The molecule has 1 aromatic carbocycles. The van der Waals surface area contributed by atoms with Gasteiger partial charge >= 0.3 is 12.0 Å². The number of carboxylic acid groups (broad SMARTS) is 1. The number of carbonyl (C=O) groups is 1. The maximum Gasteiger partial charge on any atom is 0.321 e. The molecule has 130 valence electrons. The normalized spacial score (nSPS) is 10.9. The summed E-state index contributed by atoms with van der Waals surface area (Å²) in [6.07, 6.45) is -0.0574. The van der Waals surface area contributed by atoms with Gasteiger partial charge in [-0.2, -0.15) is 9.97 Å². The average molecular weight is 341 g/mol. The third kappa shape index (κ3) is 3.00. The highest BCUT2D eigenvalue weighted by molar-refractivity contribution is 5.90. The molecule has 0 atom stereocenters. The molecule has 1 N–H and O–H groups in total. The number of aryl methyl sites for hydroxylation is 1. The van der Waals surface area contributed by atoms with Crippen LogP contribution in [-0.2, 0) is 11.2 Å². The molecule has 7 heteroatoms. The topological polar surface area (TPSA) is 86.5 Å². The molecule has 0 aliphatic carbocycles. The van der Waals surface area contributed by atoms with Gasteiger partial charge in [0.25, 0.3) is 0 Å². The Morgan fingerprint density at radius 2 is 1.92 bits per heavy atom. The highest BCUT2D eigenvalue weighted by Crippen LogP contribution is 2.31. The largest absolute Gasteiger partial charge is 0.481 e. The molecule has 0 bridgehead atoms. The molecule has 2 heterocycles. The van der Waals surface area contributed by atoms with Gasteiger partial charge < -0.3 is 14.6 Å². The van der Waals surface area contributed by atoms with E-state index in [1.54, 1.807) is 6.07 Å². The van der Waals surface area contributed by atoms with Gasteiger partial charge in [-0.3, -0.25) is 9.36 Å². The highest BCUT2D eigenvalue weighted by Gasteiger charge is 2.19. The minimum atomic E-state index is -0.874. The highest BCUT2D eigenvalue weighted by atomic mass is 16.5. The molecule has 25 heavy (non-hydrogen) atoms. The van der Waals surface area contributed by atoms with E-state index < -0.39 is 5.97 Å². The van der Waals surface area contributed by atoms with Gasteiger partial charge in [0.2, 0.25) is 5.88 Å². The zero-order valence-corrected chi connectivity index (χ0v) is 14.5. The van der Waals surface area contributed by atoms with E-state index in [0.29, 0.717) is 11.7 Å². The van der Waals surface area contributed by atoms with E-state index in [4.69, 9.17) is 9.47 Å². The summed E-state index contributed by atoms with van der Waals surface area (Å²) < 4.78 is 12.3. The van der Waals surface area contributed by atoms with Gasteiger partial charge in [-0.1, -0.05) is 11.6 Å². The number of nitrogens with zero attached hydrogens (tertiary/aromatic N) is 3. The Bertz CT molecular complexity index is 940. The summed E-state index contributed by atoms with van der Waals surface area (Å²) in [5, 5.41) is 10.2. The van der Waals surface area contributed by atoms with Crippen molar-refractivity contribution in [2.24, 2.45) is 0 Å². The number of benzene rings is 1. The second-order valence-electron chi connectivity index (χ2n) is 5.75. The Kier molecular flexibility index (Phi) is 4.31. The molecule has 0 unspecified atom stereocenters. The number of ether oxygens (including phenoxy) is 2. The van der Waals surface area contributed by atoms with Gasteiger partial charge in [0, 0.05) is 17.1 Å². The lowest BCUT2D eigenvalue weighted by Crippen LogP contribution is -2.06. The lowest BCUT2D eigenvalue weighted by atomic mass is 10.1. The van der Waals surface area contributed by atoms with E-state index >= 15 is 0 Å². The van der Waals surface area contributed by atoms with E-state index in [0.717, 1.165) is 27.7 Å². The van der Waals surface area contributed by atoms with Crippen LogP contribution in [0.4, 0.5) is 0 Å². The van der Waals surface area contributed by atoms with Crippen LogP contribution < -0.4 is 9.47 Å². The number of hydrogen-bond acceptors (Lipinski definition) is 5. The summed E-state index contributed by atoms with van der Waals surface area (Å²) in [6, 6.07) is 7.82. The maximum atomic E-state index is 11.3. The van der Waals surface area contributed by atoms with Gasteiger partial charge in [-0.05, 0) is 31.5 Å². The van der Waals surface area contributed by atoms with Crippen molar-refractivity contribution in [2.45, 2.75) is 20.3 Å². The van der Waals surface area contributed by atoms with Crippen molar-refractivity contribution in [2.75, 3.05) is 14.2 Å². The molecule has 0 amide bonds. The van der Waals surface area contributed by atoms with Crippen LogP contribution in [0.15, 0.2) is 24.3 Å². The molecule has 0 aliphatic rings. The first-order chi connectivity index (χ1) is 11.9. The van der Waals surface area contributed by atoms with Crippen LogP contribution in [0.5, 0.6) is 11.9 Å². The van der Waals surface area contributed by atoms with Crippen LogP contribution in [0.2, 0.25) is 0 Å². The molecule has 3 aromatic rings. The Balaban J connectivity index is 2.33. The first kappa shape index (κ1) is 16.8. The maximum absolute atomic E-state index is 11.3. The summed E-state index contributed by atoms with van der Waals surface area (Å²) in [6.45, 7) is 3.86. The fraction of sp³-hybridized carbons (Fsp3) is 0.278. The molecule has 0 spiro atoms. The number of hydrogen-bond donors (Lipinski definition) is 1. The van der Waals surface area contributed by atoms with Crippen LogP contribution in [0.3, 0.4) is 0 Å². The fourth-order valence-electron chi connectivity index (χ4n) is 2.97. The predicted octanol–water partition coefficient (Wildman–Crippen LogP) is 2.68. The number of aromatic nitrogens is 3. The second-order valence-corrected chi connectivity index (χ2v) is 5.75. The molecule has 3 rings (SSSR count). The van der Waals surface area contributed by atoms with Gasteiger partial charge in [0.05, 0.1) is 26.2 Å². The van der Waals surface area contributed by atoms with Crippen molar-refractivity contribution in [3.8, 4) is 17.7 Å². The van der Waals surface area contributed by atoms with Crippen molar-refractivity contribution in [1.82, 2.24) is 14.5 Å². The molecule has 0 saturated carbocycles. The van der Waals surface area contributed by atoms with E-state index in [1.165, 1.54) is 14.2 Å². The number of aliphatic carboxylic acids is 1. The summed E-state index contributed by atoms with van der Waals surface area (Å²) in [5.74, 6) is 0.0585. The summed E-state index contributed by atoms with van der Waals surface area (Å²) in [7, 11) is 3.00. The average Bonchev–Trinajstić information content (AvgIpc) is 2.85. The van der Waals surface area contributed by atoms with Gasteiger partial charge in [0.15, 0.2) is 0 Å². The number of rotatable bonds is 5. The number of methoxy groups -OCH3 is 2. The van der Waals surface area contributed by atoms with Crippen LogP contribution >= 0.6 is 0 Å². The molecule has 7 nitrogen and oxygen atoms in total. The predicted molar refractivity (Wildman–Crippen MR) is 92.8 cm³/mol. The van der Waals surface area contributed by atoms with Crippen molar-refractivity contribution < 1.29 is 19.4 Å². The van der Waals surface area contributed by atoms with Crippen molar-refractivity contribution in [3.05, 3.63) is 41.1 Å². The first-order valence-electron chi connectivity index (χ1n) is 7.74. The number of carboxylic acids is 1. The monoisotopic (exact) mass is 341 g/mol. The third-order valence-electron chi connectivity index (χ3n) is 4.11. The van der Waals surface area contributed by atoms with Crippen LogP contribution in [-0.4, -0.2) is 39.8 Å². The van der Waals surface area contributed by atoms with E-state index in [1.807, 2.05) is 36.6 Å². The lowest BCUT2D eigenvalue weighted by molar-refractivity contribution is -0.136. The smallest absolute Gasteiger partial charge is 0.321 e. The molecule has 0 radical (unpaired) electrons. The zero-order valence-electron chi connectivity index (χ0n) is 14.5. The molecule has 0 fully saturated rings. The Morgan fingerprint density at radius 1 is 1.16 bits per heavy atom. The molecule has 0 saturated heterocycles. The quantitative estimate of drug-likeness (QED) is 0.768. The molecular weight excluding hydrogens is 322 g/mol. The minimum Gasteiger partial charge on any atom is -0.481 e. The van der Waals surface area contributed by atoms with Gasteiger partial charge in [-0.25, -0.2) is 0 Å². The Hall–Kier alpha value is -3.09. The van der Waals surface area contributed by atoms with Crippen LogP contribution in [0, 0.1) is 13.8 Å². The molecule has 2 aromatic heterocycles. The minimum absolute atomic E-state index is 0.0574. The van der Waals surface area contributed by atoms with Crippen LogP contribution in [0.25, 0.3) is 16.7 Å². The standard InChI is InChI=1S/C18H19N3O4/c1-10-5-6-14-13(7-10)12(8-17(22)23)11(2)21(14)15-9-16(24-3)20-18(19-15)25-4/h5-7,9H,8H2,1-4H3,(H,22,23). The van der Waals surface area contributed by atoms with Gasteiger partial charge in [0.1, 0.15) is 5.82 Å². The SMILES string of the molecule is COc1cc(-n2c(C)c(CC(=O)O)c3cc(C)ccc32)nc(OC)n1.